The molecule has 1 unspecified atom stereocenters. The average Bonchev–Trinajstić information content (AvgIpc) is 2.65. The zero-order valence-corrected chi connectivity index (χ0v) is 16.1. The highest BCUT2D eigenvalue weighted by atomic mass is 35.5. The minimum Gasteiger partial charge on any atom is -0.491 e. The Morgan fingerprint density at radius 1 is 1.35 bits per heavy atom. The first-order valence-electron chi connectivity index (χ1n) is 8.78. The van der Waals surface area contributed by atoms with Crippen molar-refractivity contribution in [3.8, 4) is 5.75 Å². The molecule has 0 saturated carbocycles. The molecule has 0 radical (unpaired) electrons. The van der Waals surface area contributed by atoms with Crippen LogP contribution in [-0.4, -0.2) is 56.5 Å². The van der Waals surface area contributed by atoms with Crippen LogP contribution in [0.5, 0.6) is 5.75 Å². The summed E-state index contributed by atoms with van der Waals surface area (Å²) in [5.41, 5.74) is 0.297. The molecule has 6 nitrogen and oxygen atoms in total. The van der Waals surface area contributed by atoms with Gasteiger partial charge >= 0.3 is 6.09 Å². The molecule has 1 aliphatic heterocycles. The first-order valence-corrected chi connectivity index (χ1v) is 8.78. The van der Waals surface area contributed by atoms with Crippen LogP contribution in [0, 0.1) is 5.82 Å². The van der Waals surface area contributed by atoms with Gasteiger partial charge in [0.25, 0.3) is 0 Å². The van der Waals surface area contributed by atoms with Gasteiger partial charge in [-0.25, -0.2) is 9.18 Å². The van der Waals surface area contributed by atoms with Gasteiger partial charge in [-0.2, -0.15) is 0 Å². The van der Waals surface area contributed by atoms with Crippen molar-refractivity contribution in [2.75, 3.05) is 39.5 Å². The summed E-state index contributed by atoms with van der Waals surface area (Å²) in [6, 6.07) is 4.54. The molecule has 0 aliphatic carbocycles. The van der Waals surface area contributed by atoms with Crippen molar-refractivity contribution < 1.29 is 23.4 Å². The maximum absolute atomic E-state index is 14.0. The molecule has 0 bridgehead atoms. The van der Waals surface area contributed by atoms with Crippen LogP contribution >= 0.6 is 12.4 Å². The minimum absolute atomic E-state index is 0. The van der Waals surface area contributed by atoms with Gasteiger partial charge in [0.15, 0.2) is 0 Å². The summed E-state index contributed by atoms with van der Waals surface area (Å²) in [5, 5.41) is 3.25. The summed E-state index contributed by atoms with van der Waals surface area (Å²) >= 11 is 0. The van der Waals surface area contributed by atoms with Crippen LogP contribution < -0.4 is 10.1 Å². The molecule has 1 heterocycles. The number of hydrogen-bond donors (Lipinski definition) is 1. The molecule has 1 aromatic carbocycles. The SMILES string of the molecule is CCOCCOc1ccc(F)c(COC(=O)N2CCNCC2CC)c1.Cl. The first kappa shape index (κ1) is 22.5. The fourth-order valence-electron chi connectivity index (χ4n) is 2.70. The number of nitrogens with zero attached hydrogens (tertiary/aromatic N) is 1. The van der Waals surface area contributed by atoms with Crippen LogP contribution in [0.3, 0.4) is 0 Å². The Morgan fingerprint density at radius 3 is 2.88 bits per heavy atom. The second kappa shape index (κ2) is 11.9. The fourth-order valence-corrected chi connectivity index (χ4v) is 2.70. The Hall–Kier alpha value is -1.57. The Bertz CT molecular complexity index is 562. The molecule has 1 N–H and O–H groups in total. The molecule has 1 saturated heterocycles. The van der Waals surface area contributed by atoms with E-state index in [-0.39, 0.29) is 25.1 Å². The van der Waals surface area contributed by atoms with Crippen molar-refractivity contribution >= 4 is 18.5 Å². The van der Waals surface area contributed by atoms with Gasteiger partial charge in [-0.1, -0.05) is 6.92 Å². The van der Waals surface area contributed by atoms with E-state index >= 15 is 0 Å². The molecule has 148 valence electrons. The van der Waals surface area contributed by atoms with Crippen molar-refractivity contribution in [2.45, 2.75) is 32.9 Å². The van der Waals surface area contributed by atoms with Crippen molar-refractivity contribution in [3.05, 3.63) is 29.6 Å². The van der Waals surface area contributed by atoms with Gasteiger partial charge in [0, 0.05) is 37.8 Å². The number of carbonyl (C=O) groups is 1. The van der Waals surface area contributed by atoms with Crippen molar-refractivity contribution in [1.29, 1.82) is 0 Å². The molecule has 0 spiro atoms. The number of rotatable bonds is 8. The maximum Gasteiger partial charge on any atom is 0.410 e. The lowest BCUT2D eigenvalue weighted by Crippen LogP contribution is -2.53. The molecular formula is C18H28ClFN2O4. The zero-order valence-electron chi connectivity index (χ0n) is 15.3. The molecule has 0 aromatic heterocycles. The van der Waals surface area contributed by atoms with E-state index in [0.29, 0.717) is 37.7 Å². The summed E-state index contributed by atoms with van der Waals surface area (Å²) in [5.74, 6) is 0.109. The normalized spacial score (nSPS) is 16.7. The highest BCUT2D eigenvalue weighted by molar-refractivity contribution is 5.85. The van der Waals surface area contributed by atoms with Gasteiger partial charge in [-0.3, -0.25) is 0 Å². The topological polar surface area (TPSA) is 60.0 Å². The molecule has 1 atom stereocenters. The fraction of sp³-hybridized carbons (Fsp3) is 0.611. The van der Waals surface area contributed by atoms with Gasteiger partial charge in [0.05, 0.1) is 6.61 Å². The van der Waals surface area contributed by atoms with E-state index in [0.717, 1.165) is 19.5 Å². The Kier molecular flexibility index (Phi) is 10.3. The number of ether oxygens (including phenoxy) is 3. The molecule has 8 heteroatoms. The second-order valence-corrected chi connectivity index (χ2v) is 5.81. The van der Waals surface area contributed by atoms with Crippen molar-refractivity contribution in [1.82, 2.24) is 10.2 Å². The molecule has 1 aliphatic rings. The molecule has 2 rings (SSSR count). The number of nitrogens with one attached hydrogen (secondary N) is 1. The van der Waals surface area contributed by atoms with Gasteiger partial charge in [0.2, 0.25) is 0 Å². The second-order valence-electron chi connectivity index (χ2n) is 5.81. The Balaban J connectivity index is 0.00000338. The van der Waals surface area contributed by atoms with Gasteiger partial charge in [0.1, 0.15) is 24.8 Å². The third-order valence-corrected chi connectivity index (χ3v) is 4.12. The van der Waals surface area contributed by atoms with Crippen LogP contribution in [0.4, 0.5) is 9.18 Å². The van der Waals surface area contributed by atoms with Gasteiger partial charge < -0.3 is 24.4 Å². The number of amides is 1. The number of carbonyl (C=O) groups excluding carboxylic acids is 1. The van der Waals surface area contributed by atoms with Crippen LogP contribution in [0.25, 0.3) is 0 Å². The van der Waals surface area contributed by atoms with Crippen LogP contribution in [0.15, 0.2) is 18.2 Å². The first-order chi connectivity index (χ1) is 12.2. The van der Waals surface area contributed by atoms with E-state index < -0.39 is 11.9 Å². The van der Waals surface area contributed by atoms with E-state index in [2.05, 4.69) is 5.32 Å². The minimum atomic E-state index is -0.419. The third-order valence-electron chi connectivity index (χ3n) is 4.12. The quantitative estimate of drug-likeness (QED) is 0.691. The average molecular weight is 391 g/mol. The van der Waals surface area contributed by atoms with E-state index in [1.165, 1.54) is 6.07 Å². The molecule has 1 aromatic rings. The lowest BCUT2D eigenvalue weighted by molar-refractivity contribution is 0.0705. The highest BCUT2D eigenvalue weighted by Gasteiger charge is 2.26. The van der Waals surface area contributed by atoms with E-state index in [4.69, 9.17) is 14.2 Å². The predicted octanol–water partition coefficient (Wildman–Crippen LogP) is 2.98. The lowest BCUT2D eigenvalue weighted by atomic mass is 10.1. The summed E-state index contributed by atoms with van der Waals surface area (Å²) < 4.78 is 30.0. The third kappa shape index (κ3) is 6.63. The van der Waals surface area contributed by atoms with E-state index in [1.54, 1.807) is 17.0 Å². The van der Waals surface area contributed by atoms with Crippen LogP contribution in [0.2, 0.25) is 0 Å². The van der Waals surface area contributed by atoms with Crippen LogP contribution in [-0.2, 0) is 16.1 Å². The number of benzene rings is 1. The Morgan fingerprint density at radius 2 is 2.15 bits per heavy atom. The standard InChI is InChI=1S/C18H27FN2O4.ClH/c1-3-15-12-20-7-8-21(15)18(22)25-13-14-11-16(5-6-17(14)19)24-10-9-23-4-2;/h5-6,11,15,20H,3-4,7-10,12-13H2,1-2H3;1H. The molecule has 26 heavy (non-hydrogen) atoms. The summed E-state index contributed by atoms with van der Waals surface area (Å²) in [6.07, 6.45) is 0.440. The highest BCUT2D eigenvalue weighted by Crippen LogP contribution is 2.19. The Labute approximate surface area is 160 Å². The monoisotopic (exact) mass is 390 g/mol. The van der Waals surface area contributed by atoms with E-state index in [1.807, 2.05) is 13.8 Å². The van der Waals surface area contributed by atoms with Gasteiger partial charge in [-0.15, -0.1) is 12.4 Å². The molecular weight excluding hydrogens is 363 g/mol. The van der Waals surface area contributed by atoms with E-state index in [9.17, 15) is 9.18 Å². The molecule has 1 amide bonds. The summed E-state index contributed by atoms with van der Waals surface area (Å²) in [6.45, 7) is 7.39. The van der Waals surface area contributed by atoms with Crippen LogP contribution in [0.1, 0.15) is 25.8 Å². The summed E-state index contributed by atoms with van der Waals surface area (Å²) in [4.78, 5) is 14.0. The largest absolute Gasteiger partial charge is 0.491 e. The van der Waals surface area contributed by atoms with Crippen molar-refractivity contribution in [2.24, 2.45) is 0 Å². The zero-order chi connectivity index (χ0) is 18.1. The predicted molar refractivity (Wildman–Crippen MR) is 99.5 cm³/mol. The molecule has 1 fully saturated rings. The maximum atomic E-state index is 14.0. The summed E-state index contributed by atoms with van der Waals surface area (Å²) in [7, 11) is 0. The lowest BCUT2D eigenvalue weighted by Gasteiger charge is -2.34. The number of piperazine rings is 1. The van der Waals surface area contributed by atoms with Crippen molar-refractivity contribution in [3.63, 3.8) is 0 Å². The smallest absolute Gasteiger partial charge is 0.410 e. The number of halogens is 2. The number of hydrogen-bond acceptors (Lipinski definition) is 5. The van der Waals surface area contributed by atoms with Gasteiger partial charge in [-0.05, 0) is 31.5 Å².